The fraction of sp³-hybridized carbons (Fsp3) is 0.625. The highest BCUT2D eigenvalue weighted by Crippen LogP contribution is 2.47. The van der Waals surface area contributed by atoms with E-state index in [0.29, 0.717) is 5.41 Å². The van der Waals surface area contributed by atoms with E-state index in [1.54, 1.807) is 0 Å². The van der Waals surface area contributed by atoms with Crippen molar-refractivity contribution in [3.63, 3.8) is 0 Å². The molecule has 1 heterocycles. The molecule has 0 amide bonds. The first kappa shape index (κ1) is 12.2. The van der Waals surface area contributed by atoms with Gasteiger partial charge in [0, 0.05) is 0 Å². The van der Waals surface area contributed by atoms with Gasteiger partial charge in [-0.15, -0.1) is 0 Å². The average molecular weight is 246 g/mol. The zero-order chi connectivity index (χ0) is 12.4. The Labute approximate surface area is 109 Å². The van der Waals surface area contributed by atoms with Gasteiger partial charge in [0.25, 0.3) is 0 Å². The molecule has 3 rings (SSSR count). The maximum atomic E-state index is 9.79. The van der Waals surface area contributed by atoms with E-state index in [1.165, 1.54) is 18.4 Å². The lowest BCUT2D eigenvalue weighted by Gasteiger charge is -2.33. The van der Waals surface area contributed by atoms with Gasteiger partial charge in [-0.05, 0) is 49.5 Å². The van der Waals surface area contributed by atoms with E-state index in [0.717, 1.165) is 32.3 Å². The van der Waals surface area contributed by atoms with Crippen LogP contribution in [-0.4, -0.2) is 23.9 Å². The number of benzene rings is 1. The van der Waals surface area contributed by atoms with Crippen molar-refractivity contribution in [2.24, 2.45) is 5.41 Å². The summed E-state index contributed by atoms with van der Waals surface area (Å²) in [4.78, 5) is 0. The minimum Gasteiger partial charge on any atom is -0.390 e. The summed E-state index contributed by atoms with van der Waals surface area (Å²) in [5, 5.41) is 9.79. The minimum atomic E-state index is -0.213. The molecule has 3 atom stereocenters. The van der Waals surface area contributed by atoms with Gasteiger partial charge in [-0.25, -0.2) is 0 Å². The van der Waals surface area contributed by atoms with E-state index in [2.05, 4.69) is 30.3 Å². The molecule has 98 valence electrons. The molecule has 2 heteroatoms. The Kier molecular flexibility index (Phi) is 3.40. The number of rotatable bonds is 4. The van der Waals surface area contributed by atoms with Crippen LogP contribution >= 0.6 is 0 Å². The standard InChI is InChI=1S/C16H22O2/c17-14-8-10-16(11-15(14)18-12-16)9-4-7-13-5-2-1-3-6-13/h1-3,5-6,14-15,17H,4,7-12H2/t14-,15+,16+/m1/s1. The van der Waals surface area contributed by atoms with Gasteiger partial charge in [-0.2, -0.15) is 0 Å². The van der Waals surface area contributed by atoms with Gasteiger partial charge in [-0.1, -0.05) is 30.3 Å². The molecule has 1 aliphatic carbocycles. The normalized spacial score (nSPS) is 34.7. The molecule has 2 bridgehead atoms. The Morgan fingerprint density at radius 1 is 1.28 bits per heavy atom. The van der Waals surface area contributed by atoms with E-state index in [1.807, 2.05) is 0 Å². The van der Waals surface area contributed by atoms with Crippen molar-refractivity contribution in [2.75, 3.05) is 6.61 Å². The summed E-state index contributed by atoms with van der Waals surface area (Å²) in [6.07, 6.45) is 6.68. The van der Waals surface area contributed by atoms with Gasteiger partial charge in [0.15, 0.2) is 0 Å². The largest absolute Gasteiger partial charge is 0.390 e. The molecule has 0 radical (unpaired) electrons. The lowest BCUT2D eigenvalue weighted by molar-refractivity contribution is -0.00384. The van der Waals surface area contributed by atoms with Crippen LogP contribution in [-0.2, 0) is 11.2 Å². The summed E-state index contributed by atoms with van der Waals surface area (Å²) < 4.78 is 5.75. The van der Waals surface area contributed by atoms with E-state index >= 15 is 0 Å². The highest BCUT2D eigenvalue weighted by atomic mass is 16.5. The number of aliphatic hydroxyl groups excluding tert-OH is 1. The molecule has 0 unspecified atom stereocenters. The molecule has 2 aliphatic rings. The van der Waals surface area contributed by atoms with Crippen LogP contribution in [0.25, 0.3) is 0 Å². The second kappa shape index (κ2) is 5.02. The second-order valence-corrected chi connectivity index (χ2v) is 6.00. The fourth-order valence-corrected chi connectivity index (χ4v) is 3.50. The van der Waals surface area contributed by atoms with Crippen molar-refractivity contribution < 1.29 is 9.84 Å². The molecule has 2 nitrogen and oxygen atoms in total. The third-order valence-electron chi connectivity index (χ3n) is 4.65. The molecular formula is C16H22O2. The smallest absolute Gasteiger partial charge is 0.0840 e. The zero-order valence-electron chi connectivity index (χ0n) is 10.8. The first-order valence-corrected chi connectivity index (χ1v) is 7.11. The van der Waals surface area contributed by atoms with Crippen LogP contribution in [0.3, 0.4) is 0 Å². The molecule has 1 saturated carbocycles. The molecule has 1 aromatic rings. The molecule has 1 aliphatic heterocycles. The van der Waals surface area contributed by atoms with Gasteiger partial charge in [0.2, 0.25) is 0 Å². The Hall–Kier alpha value is -0.860. The highest BCUT2D eigenvalue weighted by molar-refractivity contribution is 5.14. The lowest BCUT2D eigenvalue weighted by atomic mass is 9.71. The van der Waals surface area contributed by atoms with Gasteiger partial charge < -0.3 is 9.84 Å². The monoisotopic (exact) mass is 246 g/mol. The predicted octanol–water partition coefficient (Wildman–Crippen LogP) is 2.94. The SMILES string of the molecule is O[C@@H]1CC[C@]2(CCCc3ccccc3)CO[C@H]1C2. The first-order valence-electron chi connectivity index (χ1n) is 7.11. The van der Waals surface area contributed by atoms with E-state index in [4.69, 9.17) is 4.74 Å². The summed E-state index contributed by atoms with van der Waals surface area (Å²) in [6, 6.07) is 10.7. The summed E-state index contributed by atoms with van der Waals surface area (Å²) in [6.45, 7) is 0.865. The van der Waals surface area contributed by atoms with Crippen LogP contribution in [0.1, 0.15) is 37.7 Å². The second-order valence-electron chi connectivity index (χ2n) is 6.00. The molecule has 18 heavy (non-hydrogen) atoms. The number of hydrogen-bond acceptors (Lipinski definition) is 2. The number of fused-ring (bicyclic) bond motifs is 2. The van der Waals surface area contributed by atoms with Crippen LogP contribution in [0.4, 0.5) is 0 Å². The first-order chi connectivity index (χ1) is 8.77. The molecule has 1 aromatic carbocycles. The summed E-state index contributed by atoms with van der Waals surface area (Å²) in [5.74, 6) is 0. The molecule has 1 saturated heterocycles. The van der Waals surface area contributed by atoms with E-state index in [9.17, 15) is 5.11 Å². The van der Waals surface area contributed by atoms with E-state index in [-0.39, 0.29) is 12.2 Å². The van der Waals surface area contributed by atoms with Crippen molar-refractivity contribution in [1.82, 2.24) is 0 Å². The van der Waals surface area contributed by atoms with Gasteiger partial charge in [0.1, 0.15) is 0 Å². The molecular weight excluding hydrogens is 224 g/mol. The lowest BCUT2D eigenvalue weighted by Crippen LogP contribution is -2.33. The molecule has 2 fully saturated rings. The number of aliphatic hydroxyl groups is 1. The van der Waals surface area contributed by atoms with Gasteiger partial charge >= 0.3 is 0 Å². The molecule has 0 spiro atoms. The topological polar surface area (TPSA) is 29.5 Å². The van der Waals surface area contributed by atoms with Crippen LogP contribution in [0, 0.1) is 5.41 Å². The fourth-order valence-electron chi connectivity index (χ4n) is 3.50. The maximum Gasteiger partial charge on any atom is 0.0840 e. The third-order valence-corrected chi connectivity index (χ3v) is 4.65. The van der Waals surface area contributed by atoms with E-state index < -0.39 is 0 Å². The Balaban J connectivity index is 1.52. The molecule has 1 N–H and O–H groups in total. The minimum absolute atomic E-state index is 0.121. The Morgan fingerprint density at radius 3 is 2.94 bits per heavy atom. The predicted molar refractivity (Wildman–Crippen MR) is 71.4 cm³/mol. The van der Waals surface area contributed by atoms with Crippen molar-refractivity contribution >= 4 is 0 Å². The maximum absolute atomic E-state index is 9.79. The van der Waals surface area contributed by atoms with Crippen LogP contribution in [0.5, 0.6) is 0 Å². The quantitative estimate of drug-likeness (QED) is 0.885. The van der Waals surface area contributed by atoms with Gasteiger partial charge in [-0.3, -0.25) is 0 Å². The Morgan fingerprint density at radius 2 is 2.11 bits per heavy atom. The summed E-state index contributed by atoms with van der Waals surface area (Å²) >= 11 is 0. The Bertz CT molecular complexity index is 389. The summed E-state index contributed by atoms with van der Waals surface area (Å²) in [5.41, 5.74) is 1.80. The van der Waals surface area contributed by atoms with Gasteiger partial charge in [0.05, 0.1) is 18.8 Å². The summed E-state index contributed by atoms with van der Waals surface area (Å²) in [7, 11) is 0. The number of ether oxygens (including phenoxy) is 1. The van der Waals surface area contributed by atoms with Crippen LogP contribution in [0.2, 0.25) is 0 Å². The molecule has 0 aromatic heterocycles. The van der Waals surface area contributed by atoms with Crippen molar-refractivity contribution in [3.05, 3.63) is 35.9 Å². The average Bonchev–Trinajstić information content (AvgIpc) is 2.76. The van der Waals surface area contributed by atoms with Crippen LogP contribution in [0.15, 0.2) is 30.3 Å². The zero-order valence-corrected chi connectivity index (χ0v) is 10.8. The third kappa shape index (κ3) is 2.45. The number of hydrogen-bond donors (Lipinski definition) is 1. The number of aryl methyl sites for hydroxylation is 1. The van der Waals surface area contributed by atoms with Crippen molar-refractivity contribution in [3.8, 4) is 0 Å². The highest BCUT2D eigenvalue weighted by Gasteiger charge is 2.46. The van der Waals surface area contributed by atoms with Crippen molar-refractivity contribution in [1.29, 1.82) is 0 Å². The van der Waals surface area contributed by atoms with Crippen LogP contribution < -0.4 is 0 Å². The van der Waals surface area contributed by atoms with Crippen molar-refractivity contribution in [2.45, 2.75) is 50.7 Å².